The van der Waals surface area contributed by atoms with Crippen molar-refractivity contribution in [2.45, 2.75) is 6.42 Å². The van der Waals surface area contributed by atoms with E-state index in [4.69, 9.17) is 10.8 Å². The Morgan fingerprint density at radius 2 is 1.44 bits per heavy atom. The molecule has 0 aliphatic heterocycles. The number of carbonyl (C=O) groups excluding carboxylic acids is 1. The zero-order valence-corrected chi connectivity index (χ0v) is 13.4. The first-order valence-electron chi connectivity index (χ1n) is 7.85. The third kappa shape index (κ3) is 3.89. The molecule has 1 aromatic heterocycles. The molecule has 1 heterocycles. The molecule has 5 heteroatoms. The molecule has 0 fully saturated rings. The summed E-state index contributed by atoms with van der Waals surface area (Å²) in [6, 6.07) is 17.5. The summed E-state index contributed by atoms with van der Waals surface area (Å²) in [6.07, 6.45) is 0.349. The van der Waals surface area contributed by atoms with Crippen molar-refractivity contribution in [2.75, 3.05) is 6.61 Å². The fraction of sp³-hybridized carbons (Fsp3) is 0.100. The van der Waals surface area contributed by atoms with Crippen LogP contribution in [0.25, 0.3) is 22.3 Å². The van der Waals surface area contributed by atoms with Gasteiger partial charge in [-0.1, -0.05) is 36.4 Å². The van der Waals surface area contributed by atoms with Gasteiger partial charge in [-0.3, -0.25) is 4.79 Å². The van der Waals surface area contributed by atoms with Gasteiger partial charge < -0.3 is 10.8 Å². The molecule has 0 aliphatic carbocycles. The standard InChI is InChI=1S/C20H17FN2O2/c21-17-7-5-14(6-8-17)13-1-3-15(4-2-13)16-11-18(9-10-24)23-19(12-16)20(22)25/h1-8,11-12,24H,9-10H2,(H2,22,25). The Balaban J connectivity index is 1.96. The van der Waals surface area contributed by atoms with Crippen LogP contribution in [0, 0.1) is 5.82 Å². The molecule has 0 aliphatic rings. The number of hydrogen-bond donors (Lipinski definition) is 2. The minimum absolute atomic E-state index is 0.0574. The topological polar surface area (TPSA) is 76.2 Å². The van der Waals surface area contributed by atoms with E-state index in [0.29, 0.717) is 12.1 Å². The fourth-order valence-electron chi connectivity index (χ4n) is 2.62. The number of benzene rings is 2. The van der Waals surface area contributed by atoms with Crippen LogP contribution in [-0.4, -0.2) is 22.6 Å². The predicted molar refractivity (Wildman–Crippen MR) is 94.4 cm³/mol. The summed E-state index contributed by atoms with van der Waals surface area (Å²) in [6.45, 7) is -0.0574. The van der Waals surface area contributed by atoms with Gasteiger partial charge >= 0.3 is 0 Å². The minimum atomic E-state index is -0.607. The molecular formula is C20H17FN2O2. The first kappa shape index (κ1) is 16.8. The van der Waals surface area contributed by atoms with Gasteiger partial charge in [0, 0.05) is 18.7 Å². The van der Waals surface area contributed by atoms with Gasteiger partial charge in [0.1, 0.15) is 11.5 Å². The summed E-state index contributed by atoms with van der Waals surface area (Å²) in [4.78, 5) is 15.6. The molecule has 126 valence electrons. The minimum Gasteiger partial charge on any atom is -0.396 e. The van der Waals surface area contributed by atoms with Gasteiger partial charge in [-0.15, -0.1) is 0 Å². The van der Waals surface area contributed by atoms with Gasteiger partial charge in [-0.25, -0.2) is 9.37 Å². The number of nitrogens with two attached hydrogens (primary N) is 1. The molecule has 4 nitrogen and oxygen atoms in total. The van der Waals surface area contributed by atoms with E-state index in [1.807, 2.05) is 30.3 Å². The van der Waals surface area contributed by atoms with Crippen LogP contribution in [0.4, 0.5) is 4.39 Å². The zero-order chi connectivity index (χ0) is 17.8. The first-order chi connectivity index (χ1) is 12.1. The highest BCUT2D eigenvalue weighted by molar-refractivity contribution is 5.92. The number of aliphatic hydroxyl groups is 1. The van der Waals surface area contributed by atoms with Gasteiger partial charge in [0.15, 0.2) is 0 Å². The summed E-state index contributed by atoms with van der Waals surface area (Å²) in [5, 5.41) is 9.11. The fourth-order valence-corrected chi connectivity index (χ4v) is 2.62. The molecule has 0 unspecified atom stereocenters. The van der Waals surface area contributed by atoms with Crippen molar-refractivity contribution >= 4 is 5.91 Å². The summed E-state index contributed by atoms with van der Waals surface area (Å²) in [5.41, 5.74) is 9.70. The number of pyridine rings is 1. The summed E-state index contributed by atoms with van der Waals surface area (Å²) in [5.74, 6) is -0.878. The molecule has 3 rings (SSSR count). The van der Waals surface area contributed by atoms with E-state index >= 15 is 0 Å². The van der Waals surface area contributed by atoms with E-state index in [0.717, 1.165) is 22.3 Å². The second-order valence-corrected chi connectivity index (χ2v) is 5.65. The molecule has 3 aromatic rings. The number of amides is 1. The molecule has 0 bridgehead atoms. The quantitative estimate of drug-likeness (QED) is 0.751. The highest BCUT2D eigenvalue weighted by Gasteiger charge is 2.09. The highest BCUT2D eigenvalue weighted by Crippen LogP contribution is 2.26. The van der Waals surface area contributed by atoms with E-state index in [1.54, 1.807) is 18.2 Å². The number of nitrogens with zero attached hydrogens (tertiary/aromatic N) is 1. The van der Waals surface area contributed by atoms with Crippen LogP contribution in [0.1, 0.15) is 16.2 Å². The van der Waals surface area contributed by atoms with Crippen molar-refractivity contribution in [3.05, 3.63) is 77.9 Å². The zero-order valence-electron chi connectivity index (χ0n) is 13.4. The maximum atomic E-state index is 13.0. The maximum absolute atomic E-state index is 13.0. The molecule has 1 amide bonds. The lowest BCUT2D eigenvalue weighted by molar-refractivity contribution is 0.0995. The van der Waals surface area contributed by atoms with Crippen molar-refractivity contribution in [1.82, 2.24) is 4.98 Å². The normalized spacial score (nSPS) is 10.6. The SMILES string of the molecule is NC(=O)c1cc(-c2ccc(-c3ccc(F)cc3)cc2)cc(CCO)n1. The van der Waals surface area contributed by atoms with Crippen LogP contribution in [0.2, 0.25) is 0 Å². The largest absolute Gasteiger partial charge is 0.396 e. The van der Waals surface area contributed by atoms with Crippen LogP contribution < -0.4 is 5.73 Å². The summed E-state index contributed by atoms with van der Waals surface area (Å²) < 4.78 is 13.0. The van der Waals surface area contributed by atoms with Crippen LogP contribution >= 0.6 is 0 Å². The molecule has 0 radical (unpaired) electrons. The van der Waals surface area contributed by atoms with Crippen LogP contribution in [-0.2, 0) is 6.42 Å². The van der Waals surface area contributed by atoms with E-state index in [2.05, 4.69) is 4.98 Å². The molecule has 25 heavy (non-hydrogen) atoms. The number of hydrogen-bond acceptors (Lipinski definition) is 3. The number of halogens is 1. The van der Waals surface area contributed by atoms with Crippen molar-refractivity contribution in [1.29, 1.82) is 0 Å². The van der Waals surface area contributed by atoms with Crippen LogP contribution in [0.3, 0.4) is 0 Å². The van der Waals surface area contributed by atoms with E-state index < -0.39 is 5.91 Å². The number of aliphatic hydroxyl groups excluding tert-OH is 1. The summed E-state index contributed by atoms with van der Waals surface area (Å²) >= 11 is 0. The maximum Gasteiger partial charge on any atom is 0.267 e. The average molecular weight is 336 g/mol. The monoisotopic (exact) mass is 336 g/mol. The molecule has 0 saturated heterocycles. The van der Waals surface area contributed by atoms with E-state index in [9.17, 15) is 9.18 Å². The average Bonchev–Trinajstić information content (AvgIpc) is 2.62. The molecule has 0 spiro atoms. The Labute approximate surface area is 144 Å². The second kappa shape index (κ2) is 7.23. The third-order valence-electron chi connectivity index (χ3n) is 3.89. The van der Waals surface area contributed by atoms with Crippen molar-refractivity contribution < 1.29 is 14.3 Å². The number of rotatable bonds is 5. The first-order valence-corrected chi connectivity index (χ1v) is 7.85. The van der Waals surface area contributed by atoms with Gasteiger partial charge in [-0.05, 0) is 46.5 Å². The van der Waals surface area contributed by atoms with E-state index in [-0.39, 0.29) is 18.1 Å². The van der Waals surface area contributed by atoms with Crippen molar-refractivity contribution in [2.24, 2.45) is 5.73 Å². The summed E-state index contributed by atoms with van der Waals surface area (Å²) in [7, 11) is 0. The molecule has 2 aromatic carbocycles. The third-order valence-corrected chi connectivity index (χ3v) is 3.89. The molecule has 0 atom stereocenters. The smallest absolute Gasteiger partial charge is 0.267 e. The Kier molecular flexibility index (Phi) is 4.86. The second-order valence-electron chi connectivity index (χ2n) is 5.65. The van der Waals surface area contributed by atoms with Crippen LogP contribution in [0.15, 0.2) is 60.7 Å². The van der Waals surface area contributed by atoms with Gasteiger partial charge in [0.25, 0.3) is 5.91 Å². The number of aromatic nitrogens is 1. The molecule has 0 saturated carbocycles. The Morgan fingerprint density at radius 1 is 0.920 bits per heavy atom. The Morgan fingerprint density at radius 3 is 1.96 bits per heavy atom. The predicted octanol–water partition coefficient (Wildman–Crippen LogP) is 3.19. The lowest BCUT2D eigenvalue weighted by atomic mass is 9.99. The van der Waals surface area contributed by atoms with Crippen molar-refractivity contribution in [3.8, 4) is 22.3 Å². The van der Waals surface area contributed by atoms with E-state index in [1.165, 1.54) is 12.1 Å². The highest BCUT2D eigenvalue weighted by atomic mass is 19.1. The lowest BCUT2D eigenvalue weighted by Crippen LogP contribution is -2.14. The van der Waals surface area contributed by atoms with Gasteiger partial charge in [0.05, 0.1) is 0 Å². The van der Waals surface area contributed by atoms with Crippen LogP contribution in [0.5, 0.6) is 0 Å². The number of primary amides is 1. The van der Waals surface area contributed by atoms with Crippen molar-refractivity contribution in [3.63, 3.8) is 0 Å². The van der Waals surface area contributed by atoms with Gasteiger partial charge in [-0.2, -0.15) is 0 Å². The number of carbonyl (C=O) groups is 1. The Bertz CT molecular complexity index is 891. The molecular weight excluding hydrogens is 319 g/mol. The lowest BCUT2D eigenvalue weighted by Gasteiger charge is -2.08. The Hall–Kier alpha value is -3.05. The molecule has 3 N–H and O–H groups in total. The van der Waals surface area contributed by atoms with Gasteiger partial charge in [0.2, 0.25) is 0 Å².